The van der Waals surface area contributed by atoms with E-state index in [0.29, 0.717) is 12.8 Å². The second kappa shape index (κ2) is 8.64. The molecule has 1 unspecified atom stereocenters. The van der Waals surface area contributed by atoms with Crippen LogP contribution in [0.25, 0.3) is 0 Å². The van der Waals surface area contributed by atoms with Gasteiger partial charge < -0.3 is 15.2 Å². The van der Waals surface area contributed by atoms with Crippen molar-refractivity contribution in [3.8, 4) is 0 Å². The van der Waals surface area contributed by atoms with Crippen LogP contribution in [-0.2, 0) is 14.3 Å². The summed E-state index contributed by atoms with van der Waals surface area (Å²) in [6.45, 7) is 5.19. The molecule has 6 nitrogen and oxygen atoms in total. The van der Waals surface area contributed by atoms with Crippen molar-refractivity contribution < 1.29 is 19.4 Å². The van der Waals surface area contributed by atoms with Crippen molar-refractivity contribution in [3.05, 3.63) is 0 Å². The molecule has 0 aromatic rings. The van der Waals surface area contributed by atoms with Crippen molar-refractivity contribution in [2.75, 3.05) is 26.3 Å². The van der Waals surface area contributed by atoms with Gasteiger partial charge in [0.05, 0.1) is 13.2 Å². The van der Waals surface area contributed by atoms with Crippen LogP contribution in [0.4, 0.5) is 0 Å². The van der Waals surface area contributed by atoms with Crippen LogP contribution in [0.3, 0.4) is 0 Å². The van der Waals surface area contributed by atoms with Crippen molar-refractivity contribution in [2.24, 2.45) is 0 Å². The molecule has 1 saturated carbocycles. The molecule has 2 rings (SSSR count). The minimum absolute atomic E-state index is 0.0956. The first-order valence-corrected chi connectivity index (χ1v) is 8.92. The largest absolute Gasteiger partial charge is 0.480 e. The Balaban J connectivity index is 1.95. The maximum Gasteiger partial charge on any atom is 0.326 e. The molecular weight excluding hydrogens is 296 g/mol. The van der Waals surface area contributed by atoms with Gasteiger partial charge in [0.2, 0.25) is 5.91 Å². The lowest BCUT2D eigenvalue weighted by Gasteiger charge is -2.43. The molecule has 6 heteroatoms. The van der Waals surface area contributed by atoms with Crippen molar-refractivity contribution in [3.63, 3.8) is 0 Å². The molecule has 2 aliphatic rings. The van der Waals surface area contributed by atoms with E-state index in [2.05, 4.69) is 10.2 Å². The van der Waals surface area contributed by atoms with Gasteiger partial charge in [-0.3, -0.25) is 9.69 Å². The Morgan fingerprint density at radius 1 is 1.26 bits per heavy atom. The Morgan fingerprint density at radius 2 is 1.91 bits per heavy atom. The average Bonchev–Trinajstić information content (AvgIpc) is 3.01. The standard InChI is InChI=1S/C17H30N2O4/c1-2-3-6-14(16(21)22)18-15(20)13-17(7-4-5-8-17)19-9-11-23-12-10-19/h14H,2-13H2,1H3,(H,18,20)(H,21,22). The second-order valence-electron chi connectivity index (χ2n) is 6.81. The Kier molecular flexibility index (Phi) is 6.84. The first-order valence-electron chi connectivity index (χ1n) is 8.92. The summed E-state index contributed by atoms with van der Waals surface area (Å²) in [4.78, 5) is 26.2. The summed E-state index contributed by atoms with van der Waals surface area (Å²) >= 11 is 0. The molecule has 0 spiro atoms. The van der Waals surface area contributed by atoms with Crippen LogP contribution < -0.4 is 5.32 Å². The fourth-order valence-electron chi connectivity index (χ4n) is 3.89. The number of nitrogens with one attached hydrogen (secondary N) is 1. The Hall–Kier alpha value is -1.14. The molecule has 1 atom stereocenters. The summed E-state index contributed by atoms with van der Waals surface area (Å²) in [5, 5.41) is 12.0. The zero-order valence-electron chi connectivity index (χ0n) is 14.2. The van der Waals surface area contributed by atoms with Gasteiger partial charge in [0.25, 0.3) is 0 Å². The molecule has 1 saturated heterocycles. The van der Waals surface area contributed by atoms with Crippen LogP contribution in [-0.4, -0.2) is 59.8 Å². The van der Waals surface area contributed by atoms with E-state index in [9.17, 15) is 14.7 Å². The normalized spacial score (nSPS) is 22.7. The molecule has 0 bridgehead atoms. The summed E-state index contributed by atoms with van der Waals surface area (Å²) in [6, 6.07) is -0.759. The van der Waals surface area contributed by atoms with E-state index in [-0.39, 0.29) is 11.4 Å². The molecule has 2 N–H and O–H groups in total. The number of hydrogen-bond acceptors (Lipinski definition) is 4. The van der Waals surface area contributed by atoms with Gasteiger partial charge in [0.15, 0.2) is 0 Å². The van der Waals surface area contributed by atoms with Crippen molar-refractivity contribution in [1.82, 2.24) is 10.2 Å². The number of rotatable bonds is 8. The number of carboxylic acids is 1. The van der Waals surface area contributed by atoms with Gasteiger partial charge in [0.1, 0.15) is 6.04 Å². The highest BCUT2D eigenvalue weighted by Gasteiger charge is 2.42. The number of hydrogen-bond donors (Lipinski definition) is 2. The summed E-state index contributed by atoms with van der Waals surface area (Å²) in [5.41, 5.74) is -0.0956. The number of aliphatic carboxylic acids is 1. The quantitative estimate of drug-likeness (QED) is 0.711. The zero-order chi connectivity index (χ0) is 16.7. The maximum atomic E-state index is 12.5. The van der Waals surface area contributed by atoms with Crippen LogP contribution in [0.5, 0.6) is 0 Å². The predicted octanol–water partition coefficient (Wildman–Crippen LogP) is 1.78. The highest BCUT2D eigenvalue weighted by molar-refractivity contribution is 5.84. The number of amides is 1. The van der Waals surface area contributed by atoms with Crippen LogP contribution in [0.2, 0.25) is 0 Å². The van der Waals surface area contributed by atoms with Crippen molar-refractivity contribution in [1.29, 1.82) is 0 Å². The third-order valence-corrected chi connectivity index (χ3v) is 5.19. The summed E-state index contributed by atoms with van der Waals surface area (Å²) < 4.78 is 5.43. The number of carbonyl (C=O) groups is 2. The maximum absolute atomic E-state index is 12.5. The third kappa shape index (κ3) is 4.91. The number of carbonyl (C=O) groups excluding carboxylic acids is 1. The molecular formula is C17H30N2O4. The zero-order valence-corrected chi connectivity index (χ0v) is 14.2. The molecule has 23 heavy (non-hydrogen) atoms. The topological polar surface area (TPSA) is 78.9 Å². The number of morpholine rings is 1. The highest BCUT2D eigenvalue weighted by Crippen LogP contribution is 2.38. The first kappa shape index (κ1) is 18.2. The van der Waals surface area contributed by atoms with Crippen LogP contribution in [0.1, 0.15) is 58.3 Å². The van der Waals surface area contributed by atoms with E-state index in [0.717, 1.165) is 64.8 Å². The Morgan fingerprint density at radius 3 is 2.48 bits per heavy atom. The van der Waals surface area contributed by atoms with E-state index in [1.807, 2.05) is 6.92 Å². The summed E-state index contributed by atoms with van der Waals surface area (Å²) in [7, 11) is 0. The molecule has 1 aliphatic heterocycles. The number of unbranched alkanes of at least 4 members (excludes halogenated alkanes) is 1. The van der Waals surface area contributed by atoms with Gasteiger partial charge in [-0.2, -0.15) is 0 Å². The minimum atomic E-state index is -0.932. The summed E-state index contributed by atoms with van der Waals surface area (Å²) in [5.74, 6) is -1.06. The van der Waals surface area contributed by atoms with Crippen LogP contribution >= 0.6 is 0 Å². The lowest BCUT2D eigenvalue weighted by molar-refractivity contribution is -0.142. The average molecular weight is 326 g/mol. The van der Waals surface area contributed by atoms with Gasteiger partial charge >= 0.3 is 5.97 Å². The van der Waals surface area contributed by atoms with Crippen molar-refractivity contribution >= 4 is 11.9 Å². The number of carboxylic acid groups (broad SMARTS) is 1. The smallest absolute Gasteiger partial charge is 0.326 e. The van der Waals surface area contributed by atoms with Gasteiger partial charge in [0, 0.05) is 25.0 Å². The van der Waals surface area contributed by atoms with Gasteiger partial charge in [-0.1, -0.05) is 32.6 Å². The molecule has 1 amide bonds. The molecule has 0 radical (unpaired) electrons. The highest BCUT2D eigenvalue weighted by atomic mass is 16.5. The lowest BCUT2D eigenvalue weighted by atomic mass is 9.89. The first-order chi connectivity index (χ1) is 11.1. The molecule has 132 valence electrons. The third-order valence-electron chi connectivity index (χ3n) is 5.19. The monoisotopic (exact) mass is 326 g/mol. The van der Waals surface area contributed by atoms with E-state index in [1.165, 1.54) is 0 Å². The van der Waals surface area contributed by atoms with E-state index < -0.39 is 12.0 Å². The molecule has 2 fully saturated rings. The summed E-state index contributed by atoms with van der Waals surface area (Å²) in [6.07, 6.45) is 6.97. The minimum Gasteiger partial charge on any atom is -0.480 e. The van der Waals surface area contributed by atoms with Crippen LogP contribution in [0.15, 0.2) is 0 Å². The molecule has 0 aromatic carbocycles. The molecule has 1 aliphatic carbocycles. The second-order valence-corrected chi connectivity index (χ2v) is 6.81. The molecule has 0 aromatic heterocycles. The molecule has 1 heterocycles. The SMILES string of the molecule is CCCCC(NC(=O)CC1(N2CCOCC2)CCCC1)C(=O)O. The Bertz CT molecular complexity index is 401. The number of nitrogens with zero attached hydrogens (tertiary/aromatic N) is 1. The Labute approximate surface area is 138 Å². The number of ether oxygens (including phenoxy) is 1. The van der Waals surface area contributed by atoms with Gasteiger partial charge in [-0.15, -0.1) is 0 Å². The van der Waals surface area contributed by atoms with E-state index in [4.69, 9.17) is 4.74 Å². The lowest BCUT2D eigenvalue weighted by Crippen LogP contribution is -2.55. The van der Waals surface area contributed by atoms with Crippen molar-refractivity contribution in [2.45, 2.75) is 69.9 Å². The van der Waals surface area contributed by atoms with Crippen LogP contribution in [0, 0.1) is 0 Å². The fourth-order valence-corrected chi connectivity index (χ4v) is 3.89. The van der Waals surface area contributed by atoms with Gasteiger partial charge in [-0.25, -0.2) is 4.79 Å². The van der Waals surface area contributed by atoms with E-state index >= 15 is 0 Å². The fraction of sp³-hybridized carbons (Fsp3) is 0.882. The van der Waals surface area contributed by atoms with E-state index in [1.54, 1.807) is 0 Å². The van der Waals surface area contributed by atoms with Gasteiger partial charge in [-0.05, 0) is 19.3 Å². The predicted molar refractivity (Wildman–Crippen MR) is 87.3 cm³/mol.